The Bertz CT molecular complexity index is 2900. The summed E-state index contributed by atoms with van der Waals surface area (Å²) in [4.78, 5) is 84.5. The van der Waals surface area contributed by atoms with Gasteiger partial charge in [-0.15, -0.1) is 0 Å². The minimum absolute atomic E-state index is 0.00170. The summed E-state index contributed by atoms with van der Waals surface area (Å²) in [6.07, 6.45) is 6.33. The molecule has 5 aromatic rings. The minimum atomic E-state index is -4.13. The van der Waals surface area contributed by atoms with Crippen LogP contribution >= 0.6 is 0 Å². The van der Waals surface area contributed by atoms with E-state index in [9.17, 15) is 50.4 Å². The van der Waals surface area contributed by atoms with E-state index in [1.54, 1.807) is 53.7 Å². The number of aromatic nitrogens is 5. The molecule has 0 spiro atoms. The van der Waals surface area contributed by atoms with Gasteiger partial charge in [0.15, 0.2) is 0 Å². The van der Waals surface area contributed by atoms with Gasteiger partial charge in [-0.2, -0.15) is 8.42 Å². The van der Waals surface area contributed by atoms with Crippen molar-refractivity contribution in [2.24, 2.45) is 0 Å². The molecule has 7 N–H and O–H groups in total. The molecule has 0 aliphatic heterocycles. The third-order valence-corrected chi connectivity index (χ3v) is 10.6. The normalized spacial score (nSPS) is 10.7. The van der Waals surface area contributed by atoms with E-state index < -0.39 is 69.0 Å². The molecule has 0 aliphatic carbocycles. The molecule has 25 heteroatoms. The second kappa shape index (κ2) is 31.7. The van der Waals surface area contributed by atoms with Gasteiger partial charge >= 0.3 is 23.9 Å². The zero-order valence-electron chi connectivity index (χ0n) is 43.8. The number of carbonyl (C=O) groups excluding carboxylic acids is 2. The van der Waals surface area contributed by atoms with Gasteiger partial charge < -0.3 is 35.8 Å². The molecule has 5 heterocycles. The number of rotatable bonds is 17. The van der Waals surface area contributed by atoms with Crippen LogP contribution in [0.5, 0.6) is 5.88 Å². The maximum atomic E-state index is 13.6. The van der Waals surface area contributed by atoms with Crippen LogP contribution in [0.1, 0.15) is 185 Å². The Morgan fingerprint density at radius 3 is 1.29 bits per heavy atom. The maximum Gasteiger partial charge on any atom is 0.337 e. The van der Waals surface area contributed by atoms with E-state index in [1.807, 2.05) is 27.7 Å². The first-order valence-corrected chi connectivity index (χ1v) is 24.8. The Balaban J connectivity index is 0.000000480. The third kappa shape index (κ3) is 23.5. The molecular weight excluding hydrogens is 1020 g/mol. The molecule has 21 nitrogen and oxygen atoms in total. The number of aromatic carboxylic acids is 3. The van der Waals surface area contributed by atoms with Crippen LogP contribution in [0.15, 0.2) is 67.4 Å². The van der Waals surface area contributed by atoms with Crippen LogP contribution in [0, 0.1) is 17.5 Å². The summed E-state index contributed by atoms with van der Waals surface area (Å²) in [5, 5.41) is 39.0. The second-order valence-electron chi connectivity index (χ2n) is 17.7. The fourth-order valence-corrected chi connectivity index (χ4v) is 6.19. The number of halogens is 3. The SMILES string of the molecule is CC(C)c1cc(C(=O)O)ccn1.CC(C)c1ncc(C(=O)NCCC(=O)O)cc1F.CC(C)c1ncc(C(=O)NCCS(=O)(=O)O)cc1F.CC(C)c1ncc(C(=O)O)cc1F.COc1ncc(C(=O)O)cc1C(C)C. The molecule has 5 rings (SSSR count). The van der Waals surface area contributed by atoms with E-state index in [1.165, 1.54) is 44.2 Å². The van der Waals surface area contributed by atoms with Crippen LogP contribution in [0.2, 0.25) is 0 Å². The summed E-state index contributed by atoms with van der Waals surface area (Å²) >= 11 is 0. The lowest BCUT2D eigenvalue weighted by Crippen LogP contribution is -2.29. The highest BCUT2D eigenvalue weighted by Gasteiger charge is 2.17. The standard InChI is InChI=1S/C12H15FN2O3.C11H15FN2O4S.C10H13NO3.C9H10FNO2.C9H11NO2/c1-7(2)11-9(13)5-8(6-15-11)12(18)14-4-3-10(16)17;1-7(2)10-9(12)5-8(6-14-10)11(15)13-3-4-19(16,17)18;1-6(2)8-4-7(10(12)13)5-11-9(8)14-3;1-5(2)8-7(10)3-6(4-11-8)9(12)13;1-6(2)8-5-7(9(11)12)3-4-10-8/h5-7H,3-4H2,1-2H3,(H,14,18)(H,16,17);5-7H,3-4H2,1-2H3,(H,13,15)(H,16,17,18);4-6H,1-3H3,(H,12,13);3-5H,1-2H3,(H,12,13);3-6H,1-2H3,(H,11,12). The molecule has 0 fully saturated rings. The summed E-state index contributed by atoms with van der Waals surface area (Å²) < 4.78 is 74.7. The van der Waals surface area contributed by atoms with Crippen LogP contribution in [0.25, 0.3) is 0 Å². The third-order valence-electron chi connectivity index (χ3n) is 9.85. The number of carbonyl (C=O) groups is 6. The number of nitrogens with zero attached hydrogens (tertiary/aromatic N) is 5. The maximum absolute atomic E-state index is 13.6. The van der Waals surface area contributed by atoms with Gasteiger partial charge in [0.2, 0.25) is 5.88 Å². The van der Waals surface area contributed by atoms with E-state index in [-0.39, 0.29) is 77.0 Å². The van der Waals surface area contributed by atoms with Gasteiger partial charge in [-0.3, -0.25) is 38.9 Å². The molecule has 76 heavy (non-hydrogen) atoms. The molecule has 5 aromatic heterocycles. The first kappa shape index (κ1) is 66.1. The van der Waals surface area contributed by atoms with E-state index in [0.29, 0.717) is 22.8 Å². The number of amides is 2. The molecule has 0 unspecified atom stereocenters. The van der Waals surface area contributed by atoms with Crippen molar-refractivity contribution in [3.05, 3.63) is 141 Å². The number of ether oxygens (including phenoxy) is 1. The van der Waals surface area contributed by atoms with E-state index in [2.05, 4.69) is 35.6 Å². The second-order valence-corrected chi connectivity index (χ2v) is 19.3. The predicted octanol–water partition coefficient (Wildman–Crippen LogP) is 8.37. The zero-order chi connectivity index (χ0) is 58.2. The van der Waals surface area contributed by atoms with Gasteiger partial charge in [-0.25, -0.2) is 32.5 Å². The average molecular weight is 1090 g/mol. The monoisotopic (exact) mass is 1090 g/mol. The molecule has 0 saturated carbocycles. The fraction of sp³-hybridized carbons (Fsp3) is 0.392. The number of nitrogens with one attached hydrogen (secondary N) is 2. The molecule has 0 saturated heterocycles. The van der Waals surface area contributed by atoms with Crippen LogP contribution in [0.3, 0.4) is 0 Å². The Kier molecular flexibility index (Phi) is 27.6. The number of hydrogen-bond donors (Lipinski definition) is 7. The summed E-state index contributed by atoms with van der Waals surface area (Å²) in [6.45, 7) is 18.4. The smallest absolute Gasteiger partial charge is 0.337 e. The summed E-state index contributed by atoms with van der Waals surface area (Å²) in [5.74, 6) is -6.75. The Labute approximate surface area is 438 Å². The number of carboxylic acids is 4. The summed E-state index contributed by atoms with van der Waals surface area (Å²) in [6, 6.07) is 7.84. The van der Waals surface area contributed by atoms with Crippen molar-refractivity contribution in [3.63, 3.8) is 0 Å². The lowest BCUT2D eigenvalue weighted by molar-refractivity contribution is -0.136. The molecule has 414 valence electrons. The van der Waals surface area contributed by atoms with Gasteiger partial charge in [-0.05, 0) is 66.0 Å². The number of hydrogen-bond acceptors (Lipinski definition) is 14. The first-order chi connectivity index (χ1) is 35.3. The Morgan fingerprint density at radius 2 is 0.934 bits per heavy atom. The number of methoxy groups -OCH3 is 1. The zero-order valence-corrected chi connectivity index (χ0v) is 44.6. The van der Waals surface area contributed by atoms with Gasteiger partial charge in [0.1, 0.15) is 17.5 Å². The first-order valence-electron chi connectivity index (χ1n) is 23.2. The van der Waals surface area contributed by atoms with Crippen molar-refractivity contribution < 1.29 is 80.1 Å². The Morgan fingerprint density at radius 1 is 0.539 bits per heavy atom. The lowest BCUT2D eigenvalue weighted by Gasteiger charge is -2.10. The highest BCUT2D eigenvalue weighted by Crippen LogP contribution is 2.25. The average Bonchev–Trinajstić information content (AvgIpc) is 3.33. The Hall–Kier alpha value is -7.93. The van der Waals surface area contributed by atoms with Crippen molar-refractivity contribution in [1.29, 1.82) is 0 Å². The number of aliphatic carboxylic acids is 1. The van der Waals surface area contributed by atoms with Crippen molar-refractivity contribution >= 4 is 45.8 Å². The van der Waals surface area contributed by atoms with Gasteiger partial charge in [0.05, 0.1) is 64.2 Å². The molecule has 0 bridgehead atoms. The van der Waals surface area contributed by atoms with E-state index >= 15 is 0 Å². The molecule has 0 aliphatic rings. The van der Waals surface area contributed by atoms with Crippen molar-refractivity contribution in [2.45, 2.75) is 105 Å². The van der Waals surface area contributed by atoms with Crippen LogP contribution in [-0.2, 0) is 14.9 Å². The summed E-state index contributed by atoms with van der Waals surface area (Å²) in [7, 11) is -2.61. The fourth-order valence-electron chi connectivity index (χ4n) is 5.83. The molecule has 0 radical (unpaired) electrons. The predicted molar refractivity (Wildman–Crippen MR) is 272 cm³/mol. The van der Waals surface area contributed by atoms with Crippen molar-refractivity contribution in [2.75, 3.05) is 26.0 Å². The number of pyridine rings is 5. The van der Waals surface area contributed by atoms with Crippen LogP contribution < -0.4 is 15.4 Å². The van der Waals surface area contributed by atoms with E-state index in [0.717, 1.165) is 29.5 Å². The van der Waals surface area contributed by atoms with Crippen molar-refractivity contribution in [3.8, 4) is 5.88 Å². The van der Waals surface area contributed by atoms with Gasteiger partial charge in [0, 0.05) is 55.3 Å². The minimum Gasteiger partial charge on any atom is -0.481 e. The quantitative estimate of drug-likeness (QED) is 0.0430. The van der Waals surface area contributed by atoms with Crippen LogP contribution in [-0.4, -0.2) is 120 Å². The number of carboxylic acid groups (broad SMARTS) is 4. The summed E-state index contributed by atoms with van der Waals surface area (Å²) in [5.41, 5.74) is 2.93. The highest BCUT2D eigenvalue weighted by molar-refractivity contribution is 7.85. The van der Waals surface area contributed by atoms with Crippen molar-refractivity contribution in [1.82, 2.24) is 35.6 Å². The van der Waals surface area contributed by atoms with Gasteiger partial charge in [-0.1, -0.05) is 69.2 Å². The van der Waals surface area contributed by atoms with Crippen LogP contribution in [0.4, 0.5) is 13.2 Å². The molecule has 2 amide bonds. The molecular formula is C51H64F3N7O14S. The van der Waals surface area contributed by atoms with Gasteiger partial charge in [0.25, 0.3) is 21.9 Å². The van der Waals surface area contributed by atoms with E-state index in [4.69, 9.17) is 29.7 Å². The topological polar surface area (TPSA) is 335 Å². The highest BCUT2D eigenvalue weighted by atomic mass is 32.2. The largest absolute Gasteiger partial charge is 0.481 e. The molecule has 0 aromatic carbocycles. The molecule has 0 atom stereocenters. The lowest BCUT2D eigenvalue weighted by atomic mass is 10.0.